The molecule has 0 bridgehead atoms. The van der Waals surface area contributed by atoms with E-state index in [-0.39, 0.29) is 4.90 Å². The van der Waals surface area contributed by atoms with E-state index in [9.17, 15) is 13.0 Å². The number of rotatable bonds is 4. The van der Waals surface area contributed by atoms with Gasteiger partial charge in [0.05, 0.1) is 11.0 Å². The zero-order valence-electron chi connectivity index (χ0n) is 17.3. The van der Waals surface area contributed by atoms with E-state index in [1.165, 1.54) is 12.1 Å². The summed E-state index contributed by atoms with van der Waals surface area (Å²) >= 11 is 0. The Labute approximate surface area is 182 Å². The Morgan fingerprint density at radius 1 is 0.839 bits per heavy atom. The van der Waals surface area contributed by atoms with Crippen LogP contribution in [0.2, 0.25) is 0 Å². The number of aromatic nitrogens is 1. The Morgan fingerprint density at radius 2 is 1.42 bits per heavy atom. The van der Waals surface area contributed by atoms with Gasteiger partial charge in [-0.3, -0.25) is 0 Å². The number of hydrogen-bond donors (Lipinski definition) is 0. The summed E-state index contributed by atoms with van der Waals surface area (Å²) in [4.78, 5) is -0.178. The van der Waals surface area contributed by atoms with Crippen molar-refractivity contribution in [3.63, 3.8) is 0 Å². The standard InChI is InChI=1S/C18H16NO.C7H8O3S/c1-19-14-17(16-10-6-3-7-11-16)20-18(19)13-12-15-8-4-2-5-9-15;1-6-2-4-7(5-3-6)11(8,9)10/h2-14H,1H3;2-5H,1H3,(H,8,9,10)/q+1;/p-1/b13-12+;. The zero-order chi connectivity index (χ0) is 22.3. The van der Waals surface area contributed by atoms with Gasteiger partial charge in [0.15, 0.2) is 0 Å². The lowest BCUT2D eigenvalue weighted by atomic mass is 10.2. The molecule has 0 N–H and O–H groups in total. The van der Waals surface area contributed by atoms with Gasteiger partial charge in [-0.05, 0) is 30.7 Å². The molecule has 5 nitrogen and oxygen atoms in total. The first-order valence-corrected chi connectivity index (χ1v) is 11.0. The Bertz CT molecular complexity index is 1240. The fourth-order valence-corrected chi connectivity index (χ4v) is 3.24. The van der Waals surface area contributed by atoms with Gasteiger partial charge in [-0.25, -0.2) is 8.42 Å². The number of oxazole rings is 1. The Kier molecular flexibility index (Phi) is 7.18. The molecular formula is C25H23NO4S. The minimum atomic E-state index is -4.27. The molecule has 4 rings (SSSR count). The van der Waals surface area contributed by atoms with Crippen molar-refractivity contribution in [3.8, 4) is 11.3 Å². The molecular weight excluding hydrogens is 410 g/mol. The smallest absolute Gasteiger partial charge is 0.373 e. The second-order valence-electron chi connectivity index (χ2n) is 6.92. The van der Waals surface area contributed by atoms with Crippen molar-refractivity contribution in [2.45, 2.75) is 11.8 Å². The van der Waals surface area contributed by atoms with Gasteiger partial charge >= 0.3 is 5.89 Å². The highest BCUT2D eigenvalue weighted by atomic mass is 32.2. The molecule has 0 aliphatic rings. The van der Waals surface area contributed by atoms with E-state index in [2.05, 4.69) is 12.1 Å². The molecule has 0 saturated carbocycles. The minimum Gasteiger partial charge on any atom is -0.744 e. The molecule has 0 aliphatic heterocycles. The second-order valence-corrected chi connectivity index (χ2v) is 8.30. The minimum absolute atomic E-state index is 0.178. The van der Waals surface area contributed by atoms with E-state index in [0.717, 1.165) is 28.3 Å². The van der Waals surface area contributed by atoms with Crippen molar-refractivity contribution in [1.82, 2.24) is 0 Å². The maximum atomic E-state index is 10.4. The maximum Gasteiger partial charge on any atom is 0.373 e. The summed E-state index contributed by atoms with van der Waals surface area (Å²) in [5, 5.41) is 0. The summed E-state index contributed by atoms with van der Waals surface area (Å²) in [6.07, 6.45) is 6.04. The van der Waals surface area contributed by atoms with Crippen LogP contribution in [-0.2, 0) is 17.2 Å². The molecule has 0 spiro atoms. The van der Waals surface area contributed by atoms with Crippen molar-refractivity contribution in [1.29, 1.82) is 0 Å². The predicted octanol–water partition coefficient (Wildman–Crippen LogP) is 4.84. The monoisotopic (exact) mass is 433 g/mol. The molecule has 1 aromatic heterocycles. The van der Waals surface area contributed by atoms with Crippen LogP contribution in [0.4, 0.5) is 0 Å². The number of aryl methyl sites for hydroxylation is 2. The van der Waals surface area contributed by atoms with Gasteiger partial charge in [-0.1, -0.05) is 78.4 Å². The quantitative estimate of drug-likeness (QED) is 0.341. The first kappa shape index (κ1) is 22.2. The highest BCUT2D eigenvalue weighted by Gasteiger charge is 2.14. The van der Waals surface area contributed by atoms with E-state index in [4.69, 9.17) is 4.42 Å². The molecule has 4 aromatic rings. The third-order valence-electron chi connectivity index (χ3n) is 4.46. The molecule has 6 heteroatoms. The fraction of sp³-hybridized carbons (Fsp3) is 0.0800. The molecule has 0 aliphatic carbocycles. The van der Waals surface area contributed by atoms with Gasteiger partial charge in [0.25, 0.3) is 0 Å². The summed E-state index contributed by atoms with van der Waals surface area (Å²) in [6.45, 7) is 1.82. The van der Waals surface area contributed by atoms with E-state index < -0.39 is 10.1 Å². The van der Waals surface area contributed by atoms with Crippen molar-refractivity contribution in [2.75, 3.05) is 0 Å². The molecule has 0 amide bonds. The predicted molar refractivity (Wildman–Crippen MR) is 120 cm³/mol. The Morgan fingerprint density at radius 3 is 2.00 bits per heavy atom. The first-order chi connectivity index (χ1) is 14.8. The van der Waals surface area contributed by atoms with Crippen LogP contribution < -0.4 is 4.57 Å². The Hall–Kier alpha value is -3.48. The van der Waals surface area contributed by atoms with Gasteiger partial charge in [-0.2, -0.15) is 4.57 Å². The van der Waals surface area contributed by atoms with E-state index in [1.54, 1.807) is 12.1 Å². The lowest BCUT2D eigenvalue weighted by Gasteiger charge is -2.05. The van der Waals surface area contributed by atoms with Crippen molar-refractivity contribution in [2.24, 2.45) is 7.05 Å². The first-order valence-electron chi connectivity index (χ1n) is 9.63. The molecule has 31 heavy (non-hydrogen) atoms. The van der Waals surface area contributed by atoms with Crippen molar-refractivity contribution < 1.29 is 22.0 Å². The van der Waals surface area contributed by atoms with E-state index in [0.29, 0.717) is 0 Å². The fourth-order valence-electron chi connectivity index (χ4n) is 2.77. The Balaban J connectivity index is 0.000000210. The lowest BCUT2D eigenvalue weighted by molar-refractivity contribution is -0.676. The summed E-state index contributed by atoms with van der Waals surface area (Å²) < 4.78 is 39.1. The number of benzene rings is 3. The summed E-state index contributed by atoms with van der Waals surface area (Å²) in [5.74, 6) is 1.70. The van der Waals surface area contributed by atoms with Crippen LogP contribution in [0, 0.1) is 6.92 Å². The average molecular weight is 434 g/mol. The molecule has 0 unspecified atom stereocenters. The SMILES string of the molecule is C[n+]1cc(-c2ccccc2)oc1/C=C/c1ccccc1.Cc1ccc(S(=O)(=O)[O-])cc1. The summed E-state index contributed by atoms with van der Waals surface area (Å²) in [7, 11) is -2.28. The van der Waals surface area contributed by atoms with Crippen molar-refractivity contribution in [3.05, 3.63) is 108 Å². The molecule has 0 radical (unpaired) electrons. The van der Waals surface area contributed by atoms with Crippen LogP contribution in [0.25, 0.3) is 23.5 Å². The number of hydrogen-bond acceptors (Lipinski definition) is 4. The molecule has 0 atom stereocenters. The third-order valence-corrected chi connectivity index (χ3v) is 5.31. The van der Waals surface area contributed by atoms with Gasteiger partial charge < -0.3 is 8.97 Å². The average Bonchev–Trinajstić information content (AvgIpc) is 3.14. The highest BCUT2D eigenvalue weighted by molar-refractivity contribution is 7.85. The van der Waals surface area contributed by atoms with E-state index in [1.807, 2.05) is 85.4 Å². The molecule has 0 saturated heterocycles. The van der Waals surface area contributed by atoms with Crippen LogP contribution >= 0.6 is 0 Å². The number of nitrogens with zero attached hydrogens (tertiary/aromatic N) is 1. The topological polar surface area (TPSA) is 74.2 Å². The highest BCUT2D eigenvalue weighted by Crippen LogP contribution is 2.19. The normalized spacial score (nSPS) is 11.2. The molecule has 1 heterocycles. The lowest BCUT2D eigenvalue weighted by Crippen LogP contribution is -2.27. The van der Waals surface area contributed by atoms with Gasteiger partial charge in [-0.15, -0.1) is 0 Å². The summed E-state index contributed by atoms with van der Waals surface area (Å²) in [6, 6.07) is 26.1. The molecule has 3 aromatic carbocycles. The van der Waals surface area contributed by atoms with Crippen molar-refractivity contribution >= 4 is 22.3 Å². The van der Waals surface area contributed by atoms with Crippen LogP contribution in [-0.4, -0.2) is 13.0 Å². The molecule has 0 fully saturated rings. The van der Waals surface area contributed by atoms with E-state index >= 15 is 0 Å². The van der Waals surface area contributed by atoms with Crippen LogP contribution in [0.5, 0.6) is 0 Å². The van der Waals surface area contributed by atoms with Crippen LogP contribution in [0.1, 0.15) is 17.0 Å². The van der Waals surface area contributed by atoms with Gasteiger partial charge in [0.2, 0.25) is 12.0 Å². The second kappa shape index (κ2) is 10.0. The van der Waals surface area contributed by atoms with Gasteiger partial charge in [0.1, 0.15) is 17.2 Å². The van der Waals surface area contributed by atoms with Crippen LogP contribution in [0.15, 0.2) is 100 Å². The summed E-state index contributed by atoms with van der Waals surface area (Å²) in [5.41, 5.74) is 3.17. The van der Waals surface area contributed by atoms with Gasteiger partial charge in [0, 0.05) is 5.56 Å². The maximum absolute atomic E-state index is 10.4. The largest absolute Gasteiger partial charge is 0.744 e. The molecule has 158 valence electrons. The van der Waals surface area contributed by atoms with Crippen LogP contribution in [0.3, 0.4) is 0 Å². The third kappa shape index (κ3) is 6.50. The zero-order valence-corrected chi connectivity index (χ0v) is 18.1.